The lowest BCUT2D eigenvalue weighted by Crippen LogP contribution is -2.08. The first-order valence-corrected chi connectivity index (χ1v) is 6.91. The molecule has 0 aliphatic carbocycles. The van der Waals surface area contributed by atoms with Crippen LogP contribution in [0.15, 0.2) is 54.6 Å². The SMILES string of the molecule is COC(=O)c1ccc(NC(=O)/C=C/c2ccc([N+](=O)[O-])cc2)cc1. The largest absolute Gasteiger partial charge is 0.465 e. The normalized spacial score (nSPS) is 10.4. The molecule has 7 heteroatoms. The number of benzene rings is 2. The zero-order chi connectivity index (χ0) is 17.5. The van der Waals surface area contributed by atoms with Crippen molar-refractivity contribution in [1.82, 2.24) is 0 Å². The number of ether oxygens (including phenoxy) is 1. The lowest BCUT2D eigenvalue weighted by Gasteiger charge is -2.03. The molecule has 0 unspecified atom stereocenters. The molecule has 24 heavy (non-hydrogen) atoms. The van der Waals surface area contributed by atoms with Gasteiger partial charge in [-0.05, 0) is 48.0 Å². The molecule has 2 rings (SSSR count). The van der Waals surface area contributed by atoms with E-state index in [4.69, 9.17) is 0 Å². The summed E-state index contributed by atoms with van der Waals surface area (Å²) in [5.74, 6) is -0.815. The Morgan fingerprint density at radius 2 is 1.71 bits per heavy atom. The lowest BCUT2D eigenvalue weighted by atomic mass is 10.2. The van der Waals surface area contributed by atoms with Crippen LogP contribution in [0.2, 0.25) is 0 Å². The second-order valence-electron chi connectivity index (χ2n) is 4.74. The highest BCUT2D eigenvalue weighted by atomic mass is 16.6. The van der Waals surface area contributed by atoms with E-state index in [0.29, 0.717) is 16.8 Å². The second-order valence-corrected chi connectivity index (χ2v) is 4.74. The maximum absolute atomic E-state index is 11.8. The summed E-state index contributed by atoms with van der Waals surface area (Å²) in [6, 6.07) is 12.1. The molecule has 1 N–H and O–H groups in total. The van der Waals surface area contributed by atoms with Crippen molar-refractivity contribution in [1.29, 1.82) is 0 Å². The van der Waals surface area contributed by atoms with Crippen LogP contribution in [-0.4, -0.2) is 23.9 Å². The minimum absolute atomic E-state index is 0.0118. The molecule has 0 aliphatic heterocycles. The van der Waals surface area contributed by atoms with Gasteiger partial charge in [0.15, 0.2) is 0 Å². The van der Waals surface area contributed by atoms with Crippen molar-refractivity contribution in [2.45, 2.75) is 0 Å². The van der Waals surface area contributed by atoms with Gasteiger partial charge in [-0.1, -0.05) is 0 Å². The van der Waals surface area contributed by atoms with Crippen molar-refractivity contribution in [2.75, 3.05) is 12.4 Å². The number of non-ortho nitro benzene ring substituents is 1. The fourth-order valence-electron chi connectivity index (χ4n) is 1.87. The Balaban J connectivity index is 1.97. The minimum atomic E-state index is -0.488. The first-order chi connectivity index (χ1) is 11.5. The summed E-state index contributed by atoms with van der Waals surface area (Å²) < 4.78 is 4.59. The summed E-state index contributed by atoms with van der Waals surface area (Å²) in [4.78, 5) is 33.2. The Labute approximate surface area is 137 Å². The number of hydrogen-bond donors (Lipinski definition) is 1. The minimum Gasteiger partial charge on any atom is -0.465 e. The van der Waals surface area contributed by atoms with E-state index in [0.717, 1.165) is 0 Å². The molecule has 2 aromatic carbocycles. The number of esters is 1. The third-order valence-electron chi connectivity index (χ3n) is 3.10. The summed E-state index contributed by atoms with van der Waals surface area (Å²) in [5.41, 5.74) is 1.57. The van der Waals surface area contributed by atoms with Crippen LogP contribution in [0.5, 0.6) is 0 Å². The van der Waals surface area contributed by atoms with Crippen molar-refractivity contribution in [3.05, 3.63) is 75.8 Å². The molecular weight excluding hydrogens is 312 g/mol. The topological polar surface area (TPSA) is 98.5 Å². The van der Waals surface area contributed by atoms with Crippen molar-refractivity contribution < 1.29 is 19.2 Å². The summed E-state index contributed by atoms with van der Waals surface area (Å²) in [5, 5.41) is 13.2. The van der Waals surface area contributed by atoms with Gasteiger partial charge >= 0.3 is 5.97 Å². The number of rotatable bonds is 5. The van der Waals surface area contributed by atoms with Crippen LogP contribution in [0.1, 0.15) is 15.9 Å². The van der Waals surface area contributed by atoms with Gasteiger partial charge in [-0.2, -0.15) is 0 Å². The number of anilines is 1. The van der Waals surface area contributed by atoms with Crippen LogP contribution in [0.4, 0.5) is 11.4 Å². The van der Waals surface area contributed by atoms with Crippen LogP contribution in [0, 0.1) is 10.1 Å². The van der Waals surface area contributed by atoms with Gasteiger partial charge < -0.3 is 10.1 Å². The predicted octanol–water partition coefficient (Wildman–Crippen LogP) is 3.03. The first-order valence-electron chi connectivity index (χ1n) is 6.91. The van der Waals surface area contributed by atoms with Crippen molar-refractivity contribution >= 4 is 29.3 Å². The maximum Gasteiger partial charge on any atom is 0.337 e. The number of amides is 1. The molecule has 0 radical (unpaired) electrons. The van der Waals surface area contributed by atoms with Crippen LogP contribution in [0.3, 0.4) is 0 Å². The van der Waals surface area contributed by atoms with E-state index in [1.165, 1.54) is 25.3 Å². The standard InChI is InChI=1S/C17H14N2O5/c1-24-17(21)13-5-7-14(8-6-13)18-16(20)11-4-12-2-9-15(10-3-12)19(22)23/h2-11H,1H3,(H,18,20)/b11-4+. The quantitative estimate of drug-likeness (QED) is 0.394. The molecule has 0 saturated heterocycles. The van der Waals surface area contributed by atoms with Crippen LogP contribution < -0.4 is 5.32 Å². The average molecular weight is 326 g/mol. The van der Waals surface area contributed by atoms with Gasteiger partial charge in [0.2, 0.25) is 5.91 Å². The number of carbonyl (C=O) groups excluding carboxylic acids is 2. The van der Waals surface area contributed by atoms with Gasteiger partial charge in [-0.15, -0.1) is 0 Å². The van der Waals surface area contributed by atoms with Gasteiger partial charge in [0.1, 0.15) is 0 Å². The number of nitrogens with one attached hydrogen (secondary N) is 1. The molecule has 1 amide bonds. The first kappa shape index (κ1) is 16.9. The summed E-state index contributed by atoms with van der Waals surface area (Å²) >= 11 is 0. The smallest absolute Gasteiger partial charge is 0.337 e. The van der Waals surface area contributed by atoms with E-state index >= 15 is 0 Å². The highest BCUT2D eigenvalue weighted by Crippen LogP contribution is 2.13. The Kier molecular flexibility index (Phi) is 5.40. The molecule has 0 bridgehead atoms. The molecule has 122 valence electrons. The van der Waals surface area contributed by atoms with Crippen molar-refractivity contribution in [2.24, 2.45) is 0 Å². The van der Waals surface area contributed by atoms with Gasteiger partial charge in [0.25, 0.3) is 5.69 Å². The van der Waals surface area contributed by atoms with E-state index in [2.05, 4.69) is 10.1 Å². The molecule has 0 saturated carbocycles. The predicted molar refractivity (Wildman–Crippen MR) is 88.5 cm³/mol. The number of hydrogen-bond acceptors (Lipinski definition) is 5. The van der Waals surface area contributed by atoms with Gasteiger partial charge in [0.05, 0.1) is 17.6 Å². The van der Waals surface area contributed by atoms with E-state index < -0.39 is 10.9 Å². The molecule has 0 aliphatic rings. The molecule has 0 spiro atoms. The van der Waals surface area contributed by atoms with Gasteiger partial charge in [-0.3, -0.25) is 14.9 Å². The van der Waals surface area contributed by atoms with Crippen LogP contribution >= 0.6 is 0 Å². The maximum atomic E-state index is 11.8. The molecule has 0 fully saturated rings. The highest BCUT2D eigenvalue weighted by molar-refractivity contribution is 6.02. The van der Waals surface area contributed by atoms with E-state index in [-0.39, 0.29) is 11.6 Å². The monoisotopic (exact) mass is 326 g/mol. The number of carbonyl (C=O) groups is 2. The fourth-order valence-corrected chi connectivity index (χ4v) is 1.87. The Morgan fingerprint density at radius 1 is 1.08 bits per heavy atom. The van der Waals surface area contributed by atoms with Gasteiger partial charge in [0, 0.05) is 23.9 Å². The fraction of sp³-hybridized carbons (Fsp3) is 0.0588. The molecule has 2 aromatic rings. The van der Waals surface area contributed by atoms with E-state index in [1.807, 2.05) is 0 Å². The van der Waals surface area contributed by atoms with Crippen LogP contribution in [-0.2, 0) is 9.53 Å². The molecule has 0 atom stereocenters. The summed E-state index contributed by atoms with van der Waals surface area (Å²) in [6.07, 6.45) is 2.86. The number of nitrogens with zero attached hydrogens (tertiary/aromatic N) is 1. The highest BCUT2D eigenvalue weighted by Gasteiger charge is 2.05. The number of methoxy groups -OCH3 is 1. The number of nitro benzene ring substituents is 1. The van der Waals surface area contributed by atoms with Crippen LogP contribution in [0.25, 0.3) is 6.08 Å². The molecule has 7 nitrogen and oxygen atoms in total. The molecule has 0 aromatic heterocycles. The zero-order valence-electron chi connectivity index (χ0n) is 12.8. The third kappa shape index (κ3) is 4.51. The Hall–Kier alpha value is -3.48. The average Bonchev–Trinajstić information content (AvgIpc) is 2.60. The summed E-state index contributed by atoms with van der Waals surface area (Å²) in [6.45, 7) is 0. The number of nitro groups is 1. The Morgan fingerprint density at radius 3 is 2.25 bits per heavy atom. The third-order valence-corrected chi connectivity index (χ3v) is 3.10. The Bertz CT molecular complexity index is 780. The molecule has 0 heterocycles. The van der Waals surface area contributed by atoms with Crippen molar-refractivity contribution in [3.8, 4) is 0 Å². The zero-order valence-corrected chi connectivity index (χ0v) is 12.8. The lowest BCUT2D eigenvalue weighted by molar-refractivity contribution is -0.384. The summed E-state index contributed by atoms with van der Waals surface area (Å²) in [7, 11) is 1.29. The van der Waals surface area contributed by atoms with E-state index in [1.54, 1.807) is 42.5 Å². The second kappa shape index (κ2) is 7.68. The molecular formula is C17H14N2O5. The van der Waals surface area contributed by atoms with E-state index in [9.17, 15) is 19.7 Å². The van der Waals surface area contributed by atoms with Gasteiger partial charge in [-0.25, -0.2) is 4.79 Å². The van der Waals surface area contributed by atoms with Crippen molar-refractivity contribution in [3.63, 3.8) is 0 Å².